The van der Waals surface area contributed by atoms with E-state index < -0.39 is 5.54 Å². The lowest BCUT2D eigenvalue weighted by Crippen LogP contribution is -2.56. The Kier molecular flexibility index (Phi) is 3.82. The molecule has 3 aromatic rings. The first-order valence-electron chi connectivity index (χ1n) is 9.55. The van der Waals surface area contributed by atoms with Gasteiger partial charge >= 0.3 is 0 Å². The third-order valence-electron chi connectivity index (χ3n) is 5.77. The lowest BCUT2D eigenvalue weighted by Gasteiger charge is -2.41. The van der Waals surface area contributed by atoms with Crippen LogP contribution in [0.1, 0.15) is 26.2 Å². The summed E-state index contributed by atoms with van der Waals surface area (Å²) in [6.45, 7) is 2.88. The van der Waals surface area contributed by atoms with E-state index in [1.807, 2.05) is 30.3 Å². The number of carbonyl (C=O) groups is 1. The molecule has 1 N–H and O–H groups in total. The largest absolute Gasteiger partial charge is 0.340 e. The number of nitrogens with one attached hydrogen (secondary N) is 1. The molecular weight excluding hydrogens is 352 g/mol. The summed E-state index contributed by atoms with van der Waals surface area (Å²) in [5.74, 6) is 1.39. The van der Waals surface area contributed by atoms with Crippen LogP contribution >= 0.6 is 0 Å². The number of hydrogen-bond donors (Lipinski definition) is 1. The Labute approximate surface area is 162 Å². The van der Waals surface area contributed by atoms with Gasteiger partial charge in [-0.15, -0.1) is 0 Å². The minimum atomic E-state index is -0.506. The van der Waals surface area contributed by atoms with Gasteiger partial charge in [0.25, 0.3) is 0 Å². The van der Waals surface area contributed by atoms with E-state index in [2.05, 4.69) is 32.1 Å². The normalized spacial score (nSPS) is 20.5. The number of fused-ring (bicyclic) bond motifs is 3. The Morgan fingerprint density at radius 2 is 2.04 bits per heavy atom. The third kappa shape index (κ3) is 2.39. The predicted octanol–water partition coefficient (Wildman–Crippen LogP) is 3.30. The zero-order chi connectivity index (χ0) is 19.1. The van der Waals surface area contributed by atoms with Crippen molar-refractivity contribution in [3.63, 3.8) is 0 Å². The third-order valence-corrected chi connectivity index (χ3v) is 5.77. The molecule has 2 aromatic heterocycles. The highest BCUT2D eigenvalue weighted by Gasteiger charge is 2.50. The van der Waals surface area contributed by atoms with Gasteiger partial charge in [0, 0.05) is 18.3 Å². The molecule has 140 valence electrons. The Balaban J connectivity index is 1.64. The van der Waals surface area contributed by atoms with Gasteiger partial charge in [0.05, 0.1) is 17.5 Å². The summed E-state index contributed by atoms with van der Waals surface area (Å²) >= 11 is 0. The van der Waals surface area contributed by atoms with Crippen molar-refractivity contribution >= 4 is 17.4 Å². The van der Waals surface area contributed by atoms with Crippen LogP contribution in [0.15, 0.2) is 49.1 Å². The molecular formula is C21H20N6O. The molecule has 2 aliphatic rings. The minimum absolute atomic E-state index is 0.0457. The molecule has 2 aliphatic heterocycles. The number of amides is 1. The van der Waals surface area contributed by atoms with Gasteiger partial charge in [0.1, 0.15) is 17.6 Å². The molecule has 7 heteroatoms. The van der Waals surface area contributed by atoms with Crippen LogP contribution in [-0.4, -0.2) is 37.9 Å². The maximum Gasteiger partial charge on any atom is 0.250 e. The van der Waals surface area contributed by atoms with Crippen molar-refractivity contribution in [3.8, 4) is 22.6 Å². The summed E-state index contributed by atoms with van der Waals surface area (Å²) in [5.41, 5.74) is 2.71. The zero-order valence-corrected chi connectivity index (χ0v) is 15.6. The van der Waals surface area contributed by atoms with E-state index in [0.717, 1.165) is 48.4 Å². The maximum absolute atomic E-state index is 12.8. The Hall–Kier alpha value is -3.35. The van der Waals surface area contributed by atoms with Crippen LogP contribution in [-0.2, 0) is 4.79 Å². The first-order chi connectivity index (χ1) is 13.7. The Morgan fingerprint density at radius 3 is 2.86 bits per heavy atom. The molecule has 4 heterocycles. The first kappa shape index (κ1) is 16.8. The van der Waals surface area contributed by atoms with E-state index >= 15 is 0 Å². The van der Waals surface area contributed by atoms with Gasteiger partial charge in [-0.25, -0.2) is 19.9 Å². The fraction of sp³-hybridized carbons (Fsp3) is 0.286. The summed E-state index contributed by atoms with van der Waals surface area (Å²) in [6.07, 6.45) is 7.54. The molecule has 7 nitrogen and oxygen atoms in total. The van der Waals surface area contributed by atoms with E-state index in [1.165, 1.54) is 6.33 Å². The fourth-order valence-electron chi connectivity index (χ4n) is 4.31. The number of anilines is 2. The molecule has 0 saturated carbocycles. The van der Waals surface area contributed by atoms with Gasteiger partial charge in [-0.3, -0.25) is 4.79 Å². The van der Waals surface area contributed by atoms with Crippen LogP contribution in [0, 0.1) is 0 Å². The highest BCUT2D eigenvalue weighted by atomic mass is 16.2. The minimum Gasteiger partial charge on any atom is -0.340 e. The lowest BCUT2D eigenvalue weighted by atomic mass is 9.90. The second kappa shape index (κ2) is 6.37. The number of benzene rings is 1. The van der Waals surface area contributed by atoms with E-state index in [4.69, 9.17) is 4.98 Å². The summed E-state index contributed by atoms with van der Waals surface area (Å²) in [5, 5.41) is 3.01. The molecule has 28 heavy (non-hydrogen) atoms. The average Bonchev–Trinajstić information content (AvgIpc) is 3.21. The smallest absolute Gasteiger partial charge is 0.250 e. The highest BCUT2D eigenvalue weighted by Crippen LogP contribution is 2.44. The topological polar surface area (TPSA) is 83.9 Å². The van der Waals surface area contributed by atoms with Crippen molar-refractivity contribution in [1.82, 2.24) is 19.9 Å². The van der Waals surface area contributed by atoms with Gasteiger partial charge < -0.3 is 10.2 Å². The zero-order valence-electron chi connectivity index (χ0n) is 15.6. The molecule has 1 fully saturated rings. The number of carbonyl (C=O) groups excluding carboxylic acids is 1. The number of hydrogen-bond acceptors (Lipinski definition) is 6. The second-order valence-corrected chi connectivity index (χ2v) is 7.18. The summed E-state index contributed by atoms with van der Waals surface area (Å²) in [6, 6.07) is 9.94. The van der Waals surface area contributed by atoms with Crippen LogP contribution in [0.5, 0.6) is 0 Å². The SMILES string of the molecule is CCC12CCCN1c1nc(-c3cncnc3-c3ccccc3)ncc1NC2=O. The second-order valence-electron chi connectivity index (χ2n) is 7.18. The van der Waals surface area contributed by atoms with E-state index in [9.17, 15) is 4.79 Å². The Bertz CT molecular complexity index is 1050. The number of rotatable bonds is 3. The van der Waals surface area contributed by atoms with Gasteiger partial charge in [0.2, 0.25) is 5.91 Å². The average molecular weight is 372 g/mol. The number of nitrogens with zero attached hydrogens (tertiary/aromatic N) is 5. The molecule has 0 spiro atoms. The predicted molar refractivity (Wildman–Crippen MR) is 107 cm³/mol. The maximum atomic E-state index is 12.8. The van der Waals surface area contributed by atoms with E-state index in [-0.39, 0.29) is 5.91 Å². The van der Waals surface area contributed by atoms with Crippen molar-refractivity contribution in [1.29, 1.82) is 0 Å². The van der Waals surface area contributed by atoms with Gasteiger partial charge in [-0.1, -0.05) is 37.3 Å². The van der Waals surface area contributed by atoms with Crippen LogP contribution in [0.4, 0.5) is 11.5 Å². The molecule has 1 atom stereocenters. The standard InChI is InChI=1S/C21H20N6O/c1-2-21-9-6-10-27(21)19-16(25-20(21)28)12-23-18(26-19)15-11-22-13-24-17(15)14-7-4-3-5-8-14/h3-5,7-8,11-13H,2,6,9-10H2,1H3,(H,25,28). The summed E-state index contributed by atoms with van der Waals surface area (Å²) in [7, 11) is 0. The van der Waals surface area contributed by atoms with Crippen molar-refractivity contribution in [2.45, 2.75) is 31.7 Å². The fourth-order valence-corrected chi connectivity index (χ4v) is 4.31. The monoisotopic (exact) mass is 372 g/mol. The molecule has 0 aliphatic carbocycles. The molecule has 5 rings (SSSR count). The van der Waals surface area contributed by atoms with Gasteiger partial charge in [-0.2, -0.15) is 0 Å². The summed E-state index contributed by atoms with van der Waals surface area (Å²) in [4.78, 5) is 32.9. The van der Waals surface area contributed by atoms with Gasteiger partial charge in [0.15, 0.2) is 11.6 Å². The first-order valence-corrected chi connectivity index (χ1v) is 9.55. The van der Waals surface area contributed by atoms with E-state index in [0.29, 0.717) is 11.5 Å². The van der Waals surface area contributed by atoms with Crippen molar-refractivity contribution in [2.24, 2.45) is 0 Å². The van der Waals surface area contributed by atoms with Crippen LogP contribution < -0.4 is 10.2 Å². The molecule has 0 bridgehead atoms. The van der Waals surface area contributed by atoms with Crippen molar-refractivity contribution < 1.29 is 4.79 Å². The van der Waals surface area contributed by atoms with Crippen LogP contribution in [0.25, 0.3) is 22.6 Å². The molecule has 1 amide bonds. The summed E-state index contributed by atoms with van der Waals surface area (Å²) < 4.78 is 0. The van der Waals surface area contributed by atoms with Crippen LogP contribution in [0.2, 0.25) is 0 Å². The van der Waals surface area contributed by atoms with Crippen molar-refractivity contribution in [2.75, 3.05) is 16.8 Å². The highest BCUT2D eigenvalue weighted by molar-refractivity contribution is 6.06. The lowest BCUT2D eigenvalue weighted by molar-refractivity contribution is -0.121. The number of aromatic nitrogens is 4. The molecule has 1 aromatic carbocycles. The quantitative estimate of drug-likeness (QED) is 0.759. The van der Waals surface area contributed by atoms with E-state index in [1.54, 1.807) is 12.4 Å². The molecule has 1 unspecified atom stereocenters. The van der Waals surface area contributed by atoms with Crippen molar-refractivity contribution in [3.05, 3.63) is 49.1 Å². The molecule has 0 radical (unpaired) electrons. The Morgan fingerprint density at radius 1 is 1.18 bits per heavy atom. The van der Waals surface area contributed by atoms with Gasteiger partial charge in [-0.05, 0) is 19.3 Å². The molecule has 1 saturated heterocycles. The van der Waals surface area contributed by atoms with Crippen LogP contribution in [0.3, 0.4) is 0 Å².